The van der Waals surface area contributed by atoms with Gasteiger partial charge in [0.2, 0.25) is 0 Å². The van der Waals surface area contributed by atoms with Crippen molar-refractivity contribution in [3.8, 4) is 11.5 Å². The van der Waals surface area contributed by atoms with Crippen molar-refractivity contribution in [2.75, 3.05) is 7.11 Å². The lowest BCUT2D eigenvalue weighted by Crippen LogP contribution is -2.45. The molecule has 3 N–H and O–H groups in total. The van der Waals surface area contributed by atoms with Gasteiger partial charge in [-0.05, 0) is 49.8 Å². The number of phenolic OH excluding ortho intramolecular Hbond substituents is 1. The highest BCUT2D eigenvalue weighted by Crippen LogP contribution is 2.35. The molecule has 1 heterocycles. The van der Waals surface area contributed by atoms with Gasteiger partial charge in [0.25, 0.3) is 0 Å². The summed E-state index contributed by atoms with van der Waals surface area (Å²) in [5.41, 5.74) is 1.44. The number of carbonyl (C=O) groups excluding carboxylic acids is 2. The lowest BCUT2D eigenvalue weighted by atomic mass is 9.95. The summed E-state index contributed by atoms with van der Waals surface area (Å²) in [6, 6.07) is 3.64. The minimum absolute atomic E-state index is 0.0129. The van der Waals surface area contributed by atoms with Crippen LogP contribution in [-0.2, 0) is 9.53 Å². The van der Waals surface area contributed by atoms with Gasteiger partial charge >= 0.3 is 12.0 Å². The fourth-order valence-corrected chi connectivity index (χ4v) is 3.58. The Hall–Kier alpha value is -2.70. The summed E-state index contributed by atoms with van der Waals surface area (Å²) in [6.07, 6.45) is 2.85. The Morgan fingerprint density at radius 2 is 2.08 bits per heavy atom. The van der Waals surface area contributed by atoms with Crippen LogP contribution < -0.4 is 15.4 Å². The van der Waals surface area contributed by atoms with E-state index < -0.39 is 18.0 Å². The lowest BCUT2D eigenvalue weighted by Gasteiger charge is -2.29. The lowest BCUT2D eigenvalue weighted by molar-refractivity contribution is -0.146. The Kier molecular flexibility index (Phi) is 5.06. The number of nitrogens with one attached hydrogen (secondary N) is 2. The molecule has 3 atom stereocenters. The maximum Gasteiger partial charge on any atom is 0.338 e. The van der Waals surface area contributed by atoms with Gasteiger partial charge in [0.05, 0.1) is 18.7 Å². The molecule has 2 amide bonds. The fraction of sp³-hybridized carbons (Fsp3) is 0.474. The van der Waals surface area contributed by atoms with Gasteiger partial charge < -0.3 is 25.2 Å². The highest BCUT2D eigenvalue weighted by molar-refractivity contribution is 5.95. The van der Waals surface area contributed by atoms with Gasteiger partial charge in [0.1, 0.15) is 6.10 Å². The van der Waals surface area contributed by atoms with Crippen LogP contribution in [0.5, 0.6) is 11.5 Å². The second kappa shape index (κ2) is 7.27. The van der Waals surface area contributed by atoms with Crippen molar-refractivity contribution in [2.45, 2.75) is 45.3 Å². The zero-order valence-electron chi connectivity index (χ0n) is 15.2. The standard InChI is InChI=1S/C19H24N2O5/c1-10-5-4-6-14(10)26-18(23)16-11(2)20-19(24)21-17(16)12-7-8-13(22)15(9-12)25-3/h7-10,14,17,22H,4-6H2,1-3H3,(H2,20,21,24)/t10-,14+,17-/m0/s1. The first-order valence-electron chi connectivity index (χ1n) is 8.77. The number of ether oxygens (including phenoxy) is 2. The molecule has 1 fully saturated rings. The molecular weight excluding hydrogens is 336 g/mol. The average Bonchev–Trinajstić information content (AvgIpc) is 2.99. The van der Waals surface area contributed by atoms with Gasteiger partial charge in [-0.2, -0.15) is 0 Å². The number of esters is 1. The van der Waals surface area contributed by atoms with E-state index in [4.69, 9.17) is 9.47 Å². The van der Waals surface area contributed by atoms with Crippen molar-refractivity contribution in [3.63, 3.8) is 0 Å². The smallest absolute Gasteiger partial charge is 0.338 e. The zero-order valence-corrected chi connectivity index (χ0v) is 15.2. The SMILES string of the molecule is COc1cc([C@@H]2NC(=O)NC(C)=C2C(=O)O[C@@H]2CCC[C@@H]2C)ccc1O. The number of aromatic hydroxyl groups is 1. The molecule has 140 valence electrons. The third-order valence-corrected chi connectivity index (χ3v) is 5.07. The van der Waals surface area contributed by atoms with E-state index in [-0.39, 0.29) is 17.6 Å². The number of benzene rings is 1. The number of hydrogen-bond acceptors (Lipinski definition) is 5. The van der Waals surface area contributed by atoms with E-state index in [0.29, 0.717) is 22.8 Å². The highest BCUT2D eigenvalue weighted by Gasteiger charge is 2.35. The van der Waals surface area contributed by atoms with E-state index in [1.807, 2.05) is 0 Å². The van der Waals surface area contributed by atoms with Crippen LogP contribution in [-0.4, -0.2) is 30.3 Å². The van der Waals surface area contributed by atoms with E-state index in [0.717, 1.165) is 19.3 Å². The molecule has 3 rings (SSSR count). The normalized spacial score (nSPS) is 25.5. The van der Waals surface area contributed by atoms with Crippen LogP contribution in [0.15, 0.2) is 29.5 Å². The van der Waals surface area contributed by atoms with Gasteiger partial charge in [0, 0.05) is 5.70 Å². The van der Waals surface area contributed by atoms with Crippen LogP contribution >= 0.6 is 0 Å². The van der Waals surface area contributed by atoms with Crippen molar-refractivity contribution < 1.29 is 24.2 Å². The molecule has 1 aliphatic heterocycles. The van der Waals surface area contributed by atoms with Gasteiger partial charge in [-0.3, -0.25) is 0 Å². The molecule has 0 unspecified atom stereocenters. The highest BCUT2D eigenvalue weighted by atomic mass is 16.5. The van der Waals surface area contributed by atoms with Crippen LogP contribution in [0, 0.1) is 5.92 Å². The number of amides is 2. The van der Waals surface area contributed by atoms with Crippen LogP contribution in [0.2, 0.25) is 0 Å². The molecule has 26 heavy (non-hydrogen) atoms. The van der Waals surface area contributed by atoms with Gasteiger partial charge in [-0.1, -0.05) is 13.0 Å². The summed E-state index contributed by atoms with van der Waals surface area (Å²) < 4.78 is 10.9. The van der Waals surface area contributed by atoms with Crippen molar-refractivity contribution >= 4 is 12.0 Å². The number of methoxy groups -OCH3 is 1. The van der Waals surface area contributed by atoms with Crippen LogP contribution in [0.1, 0.15) is 44.7 Å². The Labute approximate surface area is 152 Å². The van der Waals surface area contributed by atoms with Gasteiger partial charge in [0.15, 0.2) is 11.5 Å². The summed E-state index contributed by atoms with van der Waals surface area (Å²) in [5, 5.41) is 15.2. The average molecular weight is 360 g/mol. The maximum absolute atomic E-state index is 12.9. The Balaban J connectivity index is 1.92. The van der Waals surface area contributed by atoms with E-state index in [1.165, 1.54) is 13.2 Å². The molecule has 7 heteroatoms. The third kappa shape index (κ3) is 3.47. The third-order valence-electron chi connectivity index (χ3n) is 5.07. The van der Waals surface area contributed by atoms with E-state index in [2.05, 4.69) is 17.6 Å². The second-order valence-corrected chi connectivity index (χ2v) is 6.85. The fourth-order valence-electron chi connectivity index (χ4n) is 3.58. The molecule has 1 saturated carbocycles. The van der Waals surface area contributed by atoms with Crippen molar-refractivity contribution in [2.24, 2.45) is 5.92 Å². The molecule has 0 bridgehead atoms. The number of urea groups is 1. The van der Waals surface area contributed by atoms with Crippen molar-refractivity contribution in [1.82, 2.24) is 10.6 Å². The molecule has 0 saturated heterocycles. The Bertz CT molecular complexity index is 758. The minimum atomic E-state index is -0.678. The monoisotopic (exact) mass is 360 g/mol. The summed E-state index contributed by atoms with van der Waals surface area (Å²) in [6.45, 7) is 3.76. The molecule has 7 nitrogen and oxygen atoms in total. The summed E-state index contributed by atoms with van der Waals surface area (Å²) in [7, 11) is 1.44. The topological polar surface area (TPSA) is 96.9 Å². The number of carbonyl (C=O) groups is 2. The van der Waals surface area contributed by atoms with Crippen LogP contribution in [0.3, 0.4) is 0 Å². The molecule has 1 aromatic carbocycles. The first kappa shape index (κ1) is 18.1. The van der Waals surface area contributed by atoms with Gasteiger partial charge in [-0.25, -0.2) is 9.59 Å². The summed E-state index contributed by atoms with van der Waals surface area (Å²) >= 11 is 0. The zero-order chi connectivity index (χ0) is 18.8. The first-order valence-corrected chi connectivity index (χ1v) is 8.77. The Morgan fingerprint density at radius 1 is 1.31 bits per heavy atom. The van der Waals surface area contributed by atoms with Crippen molar-refractivity contribution in [3.05, 3.63) is 35.0 Å². The predicted molar refractivity (Wildman–Crippen MR) is 94.7 cm³/mol. The van der Waals surface area contributed by atoms with E-state index in [9.17, 15) is 14.7 Å². The van der Waals surface area contributed by atoms with Crippen molar-refractivity contribution in [1.29, 1.82) is 0 Å². The number of phenols is 1. The first-order chi connectivity index (χ1) is 12.4. The van der Waals surface area contributed by atoms with E-state index in [1.54, 1.807) is 19.1 Å². The maximum atomic E-state index is 12.9. The summed E-state index contributed by atoms with van der Waals surface area (Å²) in [4.78, 5) is 24.8. The quantitative estimate of drug-likeness (QED) is 0.718. The molecule has 2 aliphatic rings. The second-order valence-electron chi connectivity index (χ2n) is 6.85. The number of allylic oxidation sites excluding steroid dienone is 1. The largest absolute Gasteiger partial charge is 0.504 e. The van der Waals surface area contributed by atoms with E-state index >= 15 is 0 Å². The van der Waals surface area contributed by atoms with Gasteiger partial charge in [-0.15, -0.1) is 0 Å². The minimum Gasteiger partial charge on any atom is -0.504 e. The molecular formula is C19H24N2O5. The molecule has 0 spiro atoms. The molecule has 0 aromatic heterocycles. The Morgan fingerprint density at radius 3 is 2.73 bits per heavy atom. The molecule has 1 aliphatic carbocycles. The molecule has 1 aromatic rings. The number of hydrogen-bond donors (Lipinski definition) is 3. The van der Waals surface area contributed by atoms with Crippen LogP contribution in [0.4, 0.5) is 4.79 Å². The number of rotatable bonds is 4. The summed E-state index contributed by atoms with van der Waals surface area (Å²) in [5.74, 6) is 0.148. The van der Waals surface area contributed by atoms with Crippen LogP contribution in [0.25, 0.3) is 0 Å². The molecule has 0 radical (unpaired) electrons. The predicted octanol–water partition coefficient (Wildman–Crippen LogP) is 2.76.